The van der Waals surface area contributed by atoms with Gasteiger partial charge in [0.2, 0.25) is 15.9 Å². The lowest BCUT2D eigenvalue weighted by Gasteiger charge is -2.30. The van der Waals surface area contributed by atoms with Crippen LogP contribution in [0.5, 0.6) is 0 Å². The molecule has 2 atom stereocenters. The Morgan fingerprint density at radius 3 is 2.61 bits per heavy atom. The molecule has 1 N–H and O–H groups in total. The number of carbonyl (C=O) groups excluding carboxylic acids is 1. The van der Waals surface area contributed by atoms with Crippen LogP contribution in [0.4, 0.5) is 0 Å². The fraction of sp³-hybridized carbons (Fsp3) is 0.632. The second-order valence-corrected chi connectivity index (χ2v) is 9.95. The highest BCUT2D eigenvalue weighted by Crippen LogP contribution is 2.27. The van der Waals surface area contributed by atoms with E-state index in [2.05, 4.69) is 12.2 Å². The lowest BCUT2D eigenvalue weighted by Crippen LogP contribution is -2.47. The number of hydrogen-bond acceptors (Lipinski definition) is 4. The maximum atomic E-state index is 13.1. The Hall–Kier alpha value is -0.860. The molecule has 2 rings (SSSR count). The molecular formula is C19H28Cl2N2O4S. The van der Waals surface area contributed by atoms with Gasteiger partial charge in [-0.3, -0.25) is 4.79 Å². The van der Waals surface area contributed by atoms with E-state index < -0.39 is 10.0 Å². The van der Waals surface area contributed by atoms with Crippen LogP contribution in [0, 0.1) is 5.92 Å². The molecule has 2 unspecified atom stereocenters. The fourth-order valence-electron chi connectivity index (χ4n) is 3.40. The molecule has 1 aromatic carbocycles. The third-order valence-corrected chi connectivity index (χ3v) is 7.64. The first-order valence-electron chi connectivity index (χ1n) is 9.49. The van der Waals surface area contributed by atoms with E-state index in [0.717, 1.165) is 19.3 Å². The summed E-state index contributed by atoms with van der Waals surface area (Å²) in [6.07, 6.45) is 4.72. The van der Waals surface area contributed by atoms with Crippen LogP contribution < -0.4 is 5.32 Å². The molecular weight excluding hydrogens is 423 g/mol. The zero-order valence-corrected chi connectivity index (χ0v) is 18.6. The topological polar surface area (TPSA) is 75.7 Å². The van der Waals surface area contributed by atoms with Crippen molar-refractivity contribution in [1.82, 2.24) is 9.62 Å². The average Bonchev–Trinajstić information content (AvgIpc) is 2.65. The average molecular weight is 451 g/mol. The van der Waals surface area contributed by atoms with Crippen LogP contribution in [0.1, 0.15) is 39.0 Å². The van der Waals surface area contributed by atoms with Crippen LogP contribution in [0.3, 0.4) is 0 Å². The van der Waals surface area contributed by atoms with Gasteiger partial charge >= 0.3 is 0 Å². The van der Waals surface area contributed by atoms with Crippen molar-refractivity contribution in [2.75, 3.05) is 26.8 Å². The van der Waals surface area contributed by atoms with E-state index in [1.807, 2.05) is 0 Å². The number of methoxy groups -OCH3 is 1. The monoisotopic (exact) mass is 450 g/mol. The Morgan fingerprint density at radius 2 is 1.96 bits per heavy atom. The molecule has 0 radical (unpaired) electrons. The predicted molar refractivity (Wildman–Crippen MR) is 111 cm³/mol. The quantitative estimate of drug-likeness (QED) is 0.581. The Labute approximate surface area is 177 Å². The van der Waals surface area contributed by atoms with E-state index in [-0.39, 0.29) is 40.0 Å². The molecule has 0 aromatic heterocycles. The Balaban J connectivity index is 2.15. The van der Waals surface area contributed by atoms with Gasteiger partial charge in [-0.2, -0.15) is 4.31 Å². The molecule has 9 heteroatoms. The molecule has 0 bridgehead atoms. The predicted octanol–water partition coefficient (Wildman–Crippen LogP) is 3.72. The molecule has 1 saturated carbocycles. The van der Waals surface area contributed by atoms with Gasteiger partial charge in [-0.15, -0.1) is 0 Å². The van der Waals surface area contributed by atoms with Gasteiger partial charge < -0.3 is 10.1 Å². The summed E-state index contributed by atoms with van der Waals surface area (Å²) in [5, 5.41) is 3.44. The number of amides is 1. The van der Waals surface area contributed by atoms with E-state index in [4.69, 9.17) is 27.9 Å². The van der Waals surface area contributed by atoms with Crippen molar-refractivity contribution in [3.63, 3.8) is 0 Å². The highest BCUT2D eigenvalue weighted by Gasteiger charge is 2.29. The minimum absolute atomic E-state index is 0.0122. The van der Waals surface area contributed by atoms with Crippen LogP contribution in [0.15, 0.2) is 23.1 Å². The standard InChI is InChI=1S/C19H28Cl2N2O4S/c1-14-6-3-4-7-18(14)22-19(24)13-23(10-5-11-27-2)28(25,26)15-8-9-16(20)17(21)12-15/h8-9,12,14,18H,3-7,10-11,13H2,1-2H3,(H,22,24). The lowest BCUT2D eigenvalue weighted by atomic mass is 9.86. The number of nitrogens with one attached hydrogen (secondary N) is 1. The van der Waals surface area contributed by atoms with Gasteiger partial charge in [0.1, 0.15) is 0 Å². The number of ether oxygens (including phenoxy) is 1. The molecule has 1 aromatic rings. The molecule has 1 aliphatic carbocycles. The molecule has 158 valence electrons. The van der Waals surface area contributed by atoms with Gasteiger partial charge in [0.05, 0.1) is 21.5 Å². The summed E-state index contributed by atoms with van der Waals surface area (Å²) in [6, 6.07) is 4.24. The highest BCUT2D eigenvalue weighted by molar-refractivity contribution is 7.89. The minimum atomic E-state index is -3.90. The van der Waals surface area contributed by atoms with Crippen molar-refractivity contribution in [2.24, 2.45) is 5.92 Å². The summed E-state index contributed by atoms with van der Waals surface area (Å²) >= 11 is 11.9. The van der Waals surface area contributed by atoms with Gasteiger partial charge in [0.25, 0.3) is 0 Å². The lowest BCUT2D eigenvalue weighted by molar-refractivity contribution is -0.122. The van der Waals surface area contributed by atoms with E-state index >= 15 is 0 Å². The maximum Gasteiger partial charge on any atom is 0.243 e. The van der Waals surface area contributed by atoms with Crippen molar-refractivity contribution in [2.45, 2.75) is 50.0 Å². The maximum absolute atomic E-state index is 13.1. The summed E-state index contributed by atoms with van der Waals surface area (Å²) in [7, 11) is -2.35. The van der Waals surface area contributed by atoms with Crippen molar-refractivity contribution < 1.29 is 17.9 Å². The van der Waals surface area contributed by atoms with Crippen LogP contribution >= 0.6 is 23.2 Å². The molecule has 1 fully saturated rings. The third kappa shape index (κ3) is 6.32. The largest absolute Gasteiger partial charge is 0.385 e. The van der Waals surface area contributed by atoms with E-state index in [1.54, 1.807) is 7.11 Å². The molecule has 0 spiro atoms. The van der Waals surface area contributed by atoms with Crippen LogP contribution in [-0.2, 0) is 19.6 Å². The third-order valence-electron chi connectivity index (χ3n) is 5.06. The molecule has 28 heavy (non-hydrogen) atoms. The molecule has 0 saturated heterocycles. The van der Waals surface area contributed by atoms with Crippen molar-refractivity contribution in [1.29, 1.82) is 0 Å². The number of sulfonamides is 1. The Morgan fingerprint density at radius 1 is 1.25 bits per heavy atom. The number of rotatable bonds is 9. The molecule has 0 aliphatic heterocycles. The first-order chi connectivity index (χ1) is 13.3. The molecule has 0 heterocycles. The number of halogens is 2. The number of nitrogens with zero attached hydrogens (tertiary/aromatic N) is 1. The molecule has 1 aliphatic rings. The van der Waals surface area contributed by atoms with Gasteiger partial charge in [0.15, 0.2) is 0 Å². The van der Waals surface area contributed by atoms with E-state index in [9.17, 15) is 13.2 Å². The van der Waals surface area contributed by atoms with E-state index in [0.29, 0.717) is 18.9 Å². The van der Waals surface area contributed by atoms with Crippen molar-refractivity contribution in [3.05, 3.63) is 28.2 Å². The van der Waals surface area contributed by atoms with E-state index in [1.165, 1.54) is 28.9 Å². The van der Waals surface area contributed by atoms with Gasteiger partial charge in [0, 0.05) is 26.3 Å². The Bertz CT molecular complexity index is 773. The normalized spacial score (nSPS) is 20.3. The summed E-state index contributed by atoms with van der Waals surface area (Å²) in [5.41, 5.74) is 0. The molecule has 6 nitrogen and oxygen atoms in total. The van der Waals surface area contributed by atoms with Gasteiger partial charge in [-0.1, -0.05) is 43.0 Å². The first-order valence-corrected chi connectivity index (χ1v) is 11.7. The summed E-state index contributed by atoms with van der Waals surface area (Å²) in [5.74, 6) is 0.103. The summed E-state index contributed by atoms with van der Waals surface area (Å²) in [4.78, 5) is 12.6. The fourth-order valence-corrected chi connectivity index (χ4v) is 5.22. The zero-order chi connectivity index (χ0) is 20.7. The van der Waals surface area contributed by atoms with Crippen LogP contribution in [0.2, 0.25) is 10.0 Å². The zero-order valence-electron chi connectivity index (χ0n) is 16.3. The SMILES string of the molecule is COCCCN(CC(=O)NC1CCCCC1C)S(=O)(=O)c1ccc(Cl)c(Cl)c1. The van der Waals surface area contributed by atoms with Crippen LogP contribution in [-0.4, -0.2) is 51.5 Å². The Kier molecular flexibility index (Phi) is 9.02. The van der Waals surface area contributed by atoms with Crippen molar-refractivity contribution in [3.8, 4) is 0 Å². The number of hydrogen-bond donors (Lipinski definition) is 1. The number of carbonyl (C=O) groups is 1. The number of benzene rings is 1. The van der Waals surface area contributed by atoms with Crippen LogP contribution in [0.25, 0.3) is 0 Å². The second kappa shape index (κ2) is 10.8. The first kappa shape index (κ1) is 23.4. The summed E-state index contributed by atoms with van der Waals surface area (Å²) in [6.45, 7) is 2.45. The second-order valence-electron chi connectivity index (χ2n) is 7.20. The minimum Gasteiger partial charge on any atom is -0.385 e. The highest BCUT2D eigenvalue weighted by atomic mass is 35.5. The van der Waals surface area contributed by atoms with Gasteiger partial charge in [-0.05, 0) is 43.4 Å². The molecule has 1 amide bonds. The smallest absolute Gasteiger partial charge is 0.243 e. The van der Waals surface area contributed by atoms with Crippen molar-refractivity contribution >= 4 is 39.1 Å². The summed E-state index contributed by atoms with van der Waals surface area (Å²) < 4.78 is 32.4. The van der Waals surface area contributed by atoms with Gasteiger partial charge in [-0.25, -0.2) is 8.42 Å².